The maximum Gasteiger partial charge on any atom is 0.260 e. The molecule has 1 aromatic heterocycles. The molecular weight excluding hydrogens is 254 g/mol. The van der Waals surface area contributed by atoms with Crippen LogP contribution in [0, 0.1) is 0 Å². The van der Waals surface area contributed by atoms with Gasteiger partial charge in [-0.15, -0.1) is 6.58 Å². The van der Waals surface area contributed by atoms with Crippen molar-refractivity contribution >= 4 is 16.9 Å². The van der Waals surface area contributed by atoms with Gasteiger partial charge in [-0.2, -0.15) is 0 Å². The van der Waals surface area contributed by atoms with Gasteiger partial charge in [0.2, 0.25) is 5.95 Å². The quantitative estimate of drug-likeness (QED) is 0.860. The molecule has 0 radical (unpaired) electrons. The molecule has 3 rings (SSSR count). The number of aromatic amines is 1. The number of ether oxygens (including phenoxy) is 1. The second-order valence-corrected chi connectivity index (χ2v) is 4.89. The molecule has 20 heavy (non-hydrogen) atoms. The van der Waals surface area contributed by atoms with Crippen LogP contribution in [0.2, 0.25) is 0 Å². The van der Waals surface area contributed by atoms with Crippen LogP contribution in [0.25, 0.3) is 10.9 Å². The highest BCUT2D eigenvalue weighted by Gasteiger charge is 2.24. The SMILES string of the molecule is C=CCOC1CCN(c2nc3ccccc3c(=O)[nH]2)C1. The van der Waals surface area contributed by atoms with E-state index in [1.54, 1.807) is 12.1 Å². The Morgan fingerprint density at radius 1 is 1.50 bits per heavy atom. The van der Waals surface area contributed by atoms with Crippen LogP contribution in [0.3, 0.4) is 0 Å². The fourth-order valence-corrected chi connectivity index (χ4v) is 2.48. The number of para-hydroxylation sites is 1. The lowest BCUT2D eigenvalue weighted by atomic mass is 10.2. The Balaban J connectivity index is 1.84. The van der Waals surface area contributed by atoms with Crippen molar-refractivity contribution in [2.75, 3.05) is 24.6 Å². The third kappa shape index (κ3) is 2.44. The van der Waals surface area contributed by atoms with E-state index in [1.165, 1.54) is 0 Å². The Labute approximate surface area is 116 Å². The van der Waals surface area contributed by atoms with Crippen molar-refractivity contribution < 1.29 is 4.74 Å². The van der Waals surface area contributed by atoms with Gasteiger partial charge in [-0.1, -0.05) is 18.2 Å². The molecule has 2 aromatic rings. The van der Waals surface area contributed by atoms with Crippen molar-refractivity contribution in [3.63, 3.8) is 0 Å². The predicted molar refractivity (Wildman–Crippen MR) is 79.1 cm³/mol. The molecule has 2 heterocycles. The summed E-state index contributed by atoms with van der Waals surface area (Å²) in [7, 11) is 0. The number of fused-ring (bicyclic) bond motifs is 1. The van der Waals surface area contributed by atoms with E-state index in [1.807, 2.05) is 18.2 Å². The number of benzene rings is 1. The zero-order valence-corrected chi connectivity index (χ0v) is 11.2. The van der Waals surface area contributed by atoms with E-state index < -0.39 is 0 Å². The van der Waals surface area contributed by atoms with Crippen molar-refractivity contribution in [3.05, 3.63) is 47.3 Å². The third-order valence-electron chi connectivity index (χ3n) is 3.49. The molecule has 1 aliphatic heterocycles. The third-order valence-corrected chi connectivity index (χ3v) is 3.49. The van der Waals surface area contributed by atoms with Gasteiger partial charge < -0.3 is 9.64 Å². The normalized spacial score (nSPS) is 18.6. The average Bonchev–Trinajstić information content (AvgIpc) is 2.94. The lowest BCUT2D eigenvalue weighted by molar-refractivity contribution is 0.0908. The summed E-state index contributed by atoms with van der Waals surface area (Å²) in [6, 6.07) is 7.37. The average molecular weight is 271 g/mol. The Morgan fingerprint density at radius 2 is 2.35 bits per heavy atom. The molecule has 1 atom stereocenters. The first-order valence-corrected chi connectivity index (χ1v) is 6.74. The fourth-order valence-electron chi connectivity index (χ4n) is 2.48. The molecule has 5 nitrogen and oxygen atoms in total. The van der Waals surface area contributed by atoms with E-state index in [0.717, 1.165) is 25.0 Å². The van der Waals surface area contributed by atoms with Crippen LogP contribution in [0.1, 0.15) is 6.42 Å². The summed E-state index contributed by atoms with van der Waals surface area (Å²) in [5, 5.41) is 0.620. The Morgan fingerprint density at radius 3 is 3.20 bits per heavy atom. The van der Waals surface area contributed by atoms with Gasteiger partial charge in [0.25, 0.3) is 5.56 Å². The molecule has 0 spiro atoms. The highest BCUT2D eigenvalue weighted by Crippen LogP contribution is 2.19. The minimum Gasteiger partial charge on any atom is -0.372 e. The number of H-pyrrole nitrogens is 1. The summed E-state index contributed by atoms with van der Waals surface area (Å²) in [5.74, 6) is 0.624. The van der Waals surface area contributed by atoms with Crippen LogP contribution in [0.15, 0.2) is 41.7 Å². The standard InChI is InChI=1S/C15H17N3O2/c1-2-9-20-11-7-8-18(10-11)15-16-13-6-4-3-5-12(13)14(19)17-15/h2-6,11H,1,7-10H2,(H,16,17,19). The summed E-state index contributed by atoms with van der Waals surface area (Å²) >= 11 is 0. The summed E-state index contributed by atoms with van der Waals surface area (Å²) in [5.41, 5.74) is 0.628. The second-order valence-electron chi connectivity index (χ2n) is 4.89. The molecule has 1 aromatic carbocycles. The highest BCUT2D eigenvalue weighted by molar-refractivity contribution is 5.78. The van der Waals surface area contributed by atoms with E-state index >= 15 is 0 Å². The van der Waals surface area contributed by atoms with Gasteiger partial charge in [0.05, 0.1) is 23.6 Å². The Bertz CT molecular complexity index is 680. The van der Waals surface area contributed by atoms with E-state index in [9.17, 15) is 4.79 Å². The minimum atomic E-state index is -0.0962. The fraction of sp³-hybridized carbons (Fsp3) is 0.333. The minimum absolute atomic E-state index is 0.0962. The van der Waals surface area contributed by atoms with Crippen molar-refractivity contribution in [2.24, 2.45) is 0 Å². The van der Waals surface area contributed by atoms with Crippen molar-refractivity contribution in [1.29, 1.82) is 0 Å². The topological polar surface area (TPSA) is 58.2 Å². The number of anilines is 1. The van der Waals surface area contributed by atoms with Gasteiger partial charge in [0.15, 0.2) is 0 Å². The van der Waals surface area contributed by atoms with Gasteiger partial charge in [-0.25, -0.2) is 4.98 Å². The molecule has 1 fully saturated rings. The predicted octanol–water partition coefficient (Wildman–Crippen LogP) is 1.70. The molecule has 0 amide bonds. The summed E-state index contributed by atoms with van der Waals surface area (Å²) in [6.07, 6.45) is 2.85. The summed E-state index contributed by atoms with van der Waals surface area (Å²) in [4.78, 5) is 21.5. The number of rotatable bonds is 4. The molecule has 1 unspecified atom stereocenters. The zero-order chi connectivity index (χ0) is 13.9. The molecule has 0 bridgehead atoms. The molecular formula is C15H17N3O2. The molecule has 1 saturated heterocycles. The van der Waals surface area contributed by atoms with Crippen molar-refractivity contribution in [3.8, 4) is 0 Å². The van der Waals surface area contributed by atoms with Crippen molar-refractivity contribution in [1.82, 2.24) is 9.97 Å². The van der Waals surface area contributed by atoms with Crippen LogP contribution in [0.4, 0.5) is 5.95 Å². The van der Waals surface area contributed by atoms with E-state index in [4.69, 9.17) is 4.74 Å². The summed E-state index contributed by atoms with van der Waals surface area (Å²) < 4.78 is 5.64. The van der Waals surface area contributed by atoms with E-state index in [-0.39, 0.29) is 11.7 Å². The summed E-state index contributed by atoms with van der Waals surface area (Å²) in [6.45, 7) is 5.78. The number of hydrogen-bond donors (Lipinski definition) is 1. The van der Waals surface area contributed by atoms with Crippen LogP contribution in [0.5, 0.6) is 0 Å². The number of nitrogens with one attached hydrogen (secondary N) is 1. The lowest BCUT2D eigenvalue weighted by Crippen LogP contribution is -2.27. The van der Waals surface area contributed by atoms with Crippen LogP contribution < -0.4 is 10.5 Å². The van der Waals surface area contributed by atoms with E-state index in [0.29, 0.717) is 17.9 Å². The molecule has 1 aliphatic rings. The van der Waals surface area contributed by atoms with Gasteiger partial charge in [0, 0.05) is 13.1 Å². The van der Waals surface area contributed by atoms with Gasteiger partial charge in [-0.05, 0) is 18.6 Å². The van der Waals surface area contributed by atoms with Crippen molar-refractivity contribution in [2.45, 2.75) is 12.5 Å². The zero-order valence-electron chi connectivity index (χ0n) is 11.2. The van der Waals surface area contributed by atoms with Crippen LogP contribution >= 0.6 is 0 Å². The smallest absolute Gasteiger partial charge is 0.260 e. The Kier molecular flexibility index (Phi) is 3.52. The second kappa shape index (κ2) is 5.46. The maximum absolute atomic E-state index is 12.0. The lowest BCUT2D eigenvalue weighted by Gasteiger charge is -2.17. The number of aromatic nitrogens is 2. The highest BCUT2D eigenvalue weighted by atomic mass is 16.5. The Hall–Kier alpha value is -2.14. The molecule has 5 heteroatoms. The maximum atomic E-state index is 12.0. The largest absolute Gasteiger partial charge is 0.372 e. The first kappa shape index (κ1) is 12.9. The first-order chi connectivity index (χ1) is 9.78. The van der Waals surface area contributed by atoms with Crippen LogP contribution in [-0.2, 0) is 4.74 Å². The van der Waals surface area contributed by atoms with Gasteiger partial charge in [0.1, 0.15) is 0 Å². The van der Waals surface area contributed by atoms with Gasteiger partial charge in [-0.3, -0.25) is 9.78 Å². The first-order valence-electron chi connectivity index (χ1n) is 6.74. The van der Waals surface area contributed by atoms with Crippen LogP contribution in [-0.4, -0.2) is 35.8 Å². The molecule has 0 saturated carbocycles. The monoisotopic (exact) mass is 271 g/mol. The number of nitrogens with zero attached hydrogens (tertiary/aromatic N) is 2. The van der Waals surface area contributed by atoms with E-state index in [2.05, 4.69) is 21.4 Å². The molecule has 104 valence electrons. The van der Waals surface area contributed by atoms with Gasteiger partial charge >= 0.3 is 0 Å². The molecule has 1 N–H and O–H groups in total. The molecule has 0 aliphatic carbocycles. The number of hydrogen-bond acceptors (Lipinski definition) is 4.